The van der Waals surface area contributed by atoms with Crippen LogP contribution in [0.1, 0.15) is 11.1 Å². The summed E-state index contributed by atoms with van der Waals surface area (Å²) in [6, 6.07) is 72.4. The van der Waals surface area contributed by atoms with Gasteiger partial charge in [0.15, 0.2) is 0 Å². The van der Waals surface area contributed by atoms with Crippen LogP contribution < -0.4 is 20.2 Å². The van der Waals surface area contributed by atoms with E-state index >= 15 is 0 Å². The second-order valence-corrected chi connectivity index (χ2v) is 29.0. The zero-order valence-corrected chi connectivity index (χ0v) is 39.4. The lowest BCUT2D eigenvalue weighted by molar-refractivity contribution is 1.28. The number of aryl methyl sites for hydroxylation is 2. The van der Waals surface area contributed by atoms with Crippen LogP contribution in [0.2, 0.25) is 39.3 Å². The summed E-state index contributed by atoms with van der Waals surface area (Å²) in [4.78, 5) is 4.79. The Morgan fingerprint density at radius 1 is 0.290 bits per heavy atom. The van der Waals surface area contributed by atoms with Gasteiger partial charge in [-0.15, -0.1) is 0 Å². The fourth-order valence-electron chi connectivity index (χ4n) is 8.95. The third-order valence-corrected chi connectivity index (χ3v) is 16.4. The molecule has 0 fully saturated rings. The molecule has 0 aliphatic carbocycles. The van der Waals surface area contributed by atoms with Crippen LogP contribution in [0, 0.1) is 13.8 Å². The molecule has 0 N–H and O–H groups in total. The highest BCUT2D eigenvalue weighted by Gasteiger charge is 2.23. The van der Waals surface area contributed by atoms with Gasteiger partial charge >= 0.3 is 0 Å². The molecular weight excluding hydrogens is 781 g/mol. The van der Waals surface area contributed by atoms with Crippen molar-refractivity contribution < 1.29 is 0 Å². The Labute approximate surface area is 370 Å². The van der Waals surface area contributed by atoms with Crippen LogP contribution in [-0.4, -0.2) is 16.1 Å². The summed E-state index contributed by atoms with van der Waals surface area (Å²) in [5.41, 5.74) is 14.2. The van der Waals surface area contributed by atoms with Crippen LogP contribution in [0.15, 0.2) is 194 Å². The first-order valence-electron chi connectivity index (χ1n) is 21.9. The summed E-state index contributed by atoms with van der Waals surface area (Å²) in [5, 5.41) is 7.93. The molecule has 0 unspecified atom stereocenters. The van der Waals surface area contributed by atoms with E-state index in [1.54, 1.807) is 0 Å². The number of para-hydroxylation sites is 2. The first-order valence-corrected chi connectivity index (χ1v) is 28.9. The molecule has 0 saturated carbocycles. The number of nitrogens with zero attached hydrogens (tertiary/aromatic N) is 2. The van der Waals surface area contributed by atoms with Crippen LogP contribution >= 0.6 is 0 Å². The predicted octanol–water partition coefficient (Wildman–Crippen LogP) is 16.0. The van der Waals surface area contributed by atoms with Gasteiger partial charge in [-0.2, -0.15) is 0 Å². The summed E-state index contributed by atoms with van der Waals surface area (Å²) in [7, 11) is -2.92. The molecule has 0 aliphatic rings. The monoisotopic (exact) mass is 836 g/mol. The number of rotatable bonds is 10. The minimum Gasteiger partial charge on any atom is -0.310 e. The quantitative estimate of drug-likeness (QED) is 0.100. The van der Waals surface area contributed by atoms with Crippen LogP contribution in [0.5, 0.6) is 0 Å². The molecule has 9 rings (SSSR count). The molecular formula is C58H56N2Si2. The lowest BCUT2D eigenvalue weighted by Gasteiger charge is -2.28. The molecule has 2 nitrogen and oxygen atoms in total. The van der Waals surface area contributed by atoms with Gasteiger partial charge in [0.25, 0.3) is 0 Å². The van der Waals surface area contributed by atoms with Crippen molar-refractivity contribution in [3.8, 4) is 22.3 Å². The highest BCUT2D eigenvalue weighted by atomic mass is 28.3. The zero-order valence-electron chi connectivity index (χ0n) is 37.4. The maximum absolute atomic E-state index is 2.41. The molecule has 0 spiro atoms. The van der Waals surface area contributed by atoms with E-state index in [4.69, 9.17) is 0 Å². The van der Waals surface area contributed by atoms with Gasteiger partial charge in [-0.3, -0.25) is 0 Å². The standard InChI is InChI=1S/C58H56N2Si2/c1-41-25-35-53-55(37-41)57(43-17-15-23-49(39-43)59(45-19-11-9-12-20-45)47-27-31-51(32-28-47)61(3,4)5)54-36-26-42(2)38-56(54)58(53)44-18-16-24-50(40-44)60(46-21-13-10-14-22-46)48-29-33-52(34-30-48)62(6,7)8/h9-40H,1-8H3. The average Bonchev–Trinajstić information content (AvgIpc) is 3.26. The Hall–Kier alpha value is -6.47. The predicted molar refractivity (Wildman–Crippen MR) is 277 cm³/mol. The Kier molecular flexibility index (Phi) is 10.8. The first-order chi connectivity index (χ1) is 29.8. The minimum absolute atomic E-state index is 1.13. The molecule has 9 aromatic rings. The Bertz CT molecular complexity index is 2820. The fraction of sp³-hybridized carbons (Fsp3) is 0.138. The van der Waals surface area contributed by atoms with Crippen molar-refractivity contribution in [3.63, 3.8) is 0 Å². The molecule has 0 radical (unpaired) electrons. The Balaban J connectivity index is 1.24. The minimum atomic E-state index is -1.46. The maximum Gasteiger partial charge on any atom is 0.0775 e. The summed E-state index contributed by atoms with van der Waals surface area (Å²) in [6.07, 6.45) is 0. The summed E-state index contributed by atoms with van der Waals surface area (Å²) >= 11 is 0. The van der Waals surface area contributed by atoms with Crippen LogP contribution in [-0.2, 0) is 0 Å². The summed E-state index contributed by atoms with van der Waals surface area (Å²) in [6.45, 7) is 18.9. The van der Waals surface area contributed by atoms with E-state index < -0.39 is 16.1 Å². The molecule has 0 bridgehead atoms. The topological polar surface area (TPSA) is 6.48 Å². The second-order valence-electron chi connectivity index (χ2n) is 18.9. The molecule has 0 aromatic heterocycles. The largest absolute Gasteiger partial charge is 0.310 e. The van der Waals surface area contributed by atoms with Gasteiger partial charge in [0.05, 0.1) is 16.1 Å². The van der Waals surface area contributed by atoms with Crippen molar-refractivity contribution in [1.82, 2.24) is 0 Å². The maximum atomic E-state index is 2.41. The van der Waals surface area contributed by atoms with Crippen molar-refractivity contribution >= 4 is 82.2 Å². The van der Waals surface area contributed by atoms with Gasteiger partial charge in [-0.05, 0) is 130 Å². The van der Waals surface area contributed by atoms with E-state index in [-0.39, 0.29) is 0 Å². The number of anilines is 6. The number of hydrogen-bond acceptors (Lipinski definition) is 2. The summed E-state index contributed by atoms with van der Waals surface area (Å²) < 4.78 is 0. The van der Waals surface area contributed by atoms with Gasteiger partial charge < -0.3 is 9.80 Å². The van der Waals surface area contributed by atoms with Crippen molar-refractivity contribution in [3.05, 3.63) is 205 Å². The lowest BCUT2D eigenvalue weighted by atomic mass is 9.84. The fourth-order valence-corrected chi connectivity index (χ4v) is 11.3. The highest BCUT2D eigenvalue weighted by molar-refractivity contribution is 6.89. The average molecular weight is 837 g/mol. The van der Waals surface area contributed by atoms with Gasteiger partial charge in [0, 0.05) is 34.1 Å². The van der Waals surface area contributed by atoms with E-state index in [1.807, 2.05) is 0 Å². The molecule has 0 amide bonds. The van der Waals surface area contributed by atoms with E-state index in [1.165, 1.54) is 65.3 Å². The SMILES string of the molecule is Cc1ccc2c(-c3cccc(N(c4ccccc4)c4ccc([Si](C)(C)C)cc4)c3)c3cc(C)ccc3c(-c3cccc(N(c4ccccc4)c4ccc([Si](C)(C)C)cc4)c3)c2c1. The van der Waals surface area contributed by atoms with Crippen molar-refractivity contribution in [2.24, 2.45) is 0 Å². The molecule has 9 aromatic carbocycles. The molecule has 0 aliphatic heterocycles. The van der Waals surface area contributed by atoms with Crippen molar-refractivity contribution in [2.75, 3.05) is 9.80 Å². The van der Waals surface area contributed by atoms with Gasteiger partial charge in [-0.1, -0.05) is 182 Å². The zero-order chi connectivity index (χ0) is 43.2. The molecule has 0 heterocycles. The van der Waals surface area contributed by atoms with Crippen LogP contribution in [0.3, 0.4) is 0 Å². The smallest absolute Gasteiger partial charge is 0.0775 e. The molecule has 0 saturated heterocycles. The molecule has 62 heavy (non-hydrogen) atoms. The van der Waals surface area contributed by atoms with Crippen molar-refractivity contribution in [2.45, 2.75) is 53.1 Å². The van der Waals surface area contributed by atoms with E-state index in [2.05, 4.69) is 257 Å². The van der Waals surface area contributed by atoms with Crippen molar-refractivity contribution in [1.29, 1.82) is 0 Å². The Morgan fingerprint density at radius 2 is 0.629 bits per heavy atom. The molecule has 306 valence electrons. The lowest BCUT2D eigenvalue weighted by Crippen LogP contribution is -2.37. The third kappa shape index (κ3) is 8.04. The van der Waals surface area contributed by atoms with Crippen LogP contribution in [0.4, 0.5) is 34.1 Å². The van der Waals surface area contributed by atoms with Gasteiger partial charge in [0.2, 0.25) is 0 Å². The number of benzene rings is 9. The second kappa shape index (κ2) is 16.4. The van der Waals surface area contributed by atoms with Gasteiger partial charge in [-0.25, -0.2) is 0 Å². The Morgan fingerprint density at radius 3 is 0.984 bits per heavy atom. The molecule has 4 heteroatoms. The normalized spacial score (nSPS) is 11.9. The summed E-state index contributed by atoms with van der Waals surface area (Å²) in [5.74, 6) is 0. The number of fused-ring (bicyclic) bond motifs is 2. The third-order valence-electron chi connectivity index (χ3n) is 12.2. The van der Waals surface area contributed by atoms with Crippen LogP contribution in [0.25, 0.3) is 43.8 Å². The highest BCUT2D eigenvalue weighted by Crippen LogP contribution is 2.47. The van der Waals surface area contributed by atoms with E-state index in [9.17, 15) is 0 Å². The van der Waals surface area contributed by atoms with E-state index in [0.717, 1.165) is 34.1 Å². The number of hydrogen-bond donors (Lipinski definition) is 0. The molecule has 0 atom stereocenters. The van der Waals surface area contributed by atoms with Gasteiger partial charge in [0.1, 0.15) is 0 Å². The first kappa shape index (κ1) is 40.9. The van der Waals surface area contributed by atoms with E-state index in [0.29, 0.717) is 0 Å².